The Morgan fingerprint density at radius 2 is 1.77 bits per heavy atom. The largest absolute Gasteiger partial charge is 0.333 e. The average Bonchev–Trinajstić information content (AvgIpc) is 3.24. The van der Waals surface area contributed by atoms with Crippen molar-refractivity contribution in [3.63, 3.8) is 0 Å². The Morgan fingerprint density at radius 1 is 1.00 bits per heavy atom. The van der Waals surface area contributed by atoms with Crippen molar-refractivity contribution in [3.8, 4) is 0 Å². The lowest BCUT2D eigenvalue weighted by Crippen LogP contribution is -2.11. The lowest BCUT2D eigenvalue weighted by Gasteiger charge is -2.11. The topological polar surface area (TPSA) is 52.7 Å². The summed E-state index contributed by atoms with van der Waals surface area (Å²) >= 11 is 0. The lowest BCUT2D eigenvalue weighted by molar-refractivity contribution is 0.103. The molecular weight excluding hydrogens is 379 g/mol. The molecular formula is C24H19FN4O. The summed E-state index contributed by atoms with van der Waals surface area (Å²) in [5.74, 6) is 0.440. The summed E-state index contributed by atoms with van der Waals surface area (Å²) in [6, 6.07) is 15.7. The predicted molar refractivity (Wildman–Crippen MR) is 114 cm³/mol. The Morgan fingerprint density at radius 3 is 2.57 bits per heavy atom. The van der Waals surface area contributed by atoms with Crippen molar-refractivity contribution in [2.75, 3.05) is 0 Å². The molecule has 0 N–H and O–H groups in total. The molecule has 0 bridgehead atoms. The van der Waals surface area contributed by atoms with Gasteiger partial charge in [-0.05, 0) is 67.1 Å². The van der Waals surface area contributed by atoms with Gasteiger partial charge in [0.1, 0.15) is 11.6 Å². The van der Waals surface area contributed by atoms with Gasteiger partial charge in [0.2, 0.25) is 5.78 Å². The van der Waals surface area contributed by atoms with Gasteiger partial charge in [-0.1, -0.05) is 0 Å². The van der Waals surface area contributed by atoms with Crippen LogP contribution >= 0.6 is 0 Å². The van der Waals surface area contributed by atoms with E-state index in [1.165, 1.54) is 12.1 Å². The maximum Gasteiger partial charge on any atom is 0.209 e. The number of rotatable bonds is 4. The molecule has 0 amide bonds. The molecule has 5 rings (SSSR count). The fourth-order valence-corrected chi connectivity index (χ4v) is 3.88. The van der Waals surface area contributed by atoms with Gasteiger partial charge in [-0.2, -0.15) is 0 Å². The minimum atomic E-state index is -0.326. The lowest BCUT2D eigenvalue weighted by atomic mass is 10.1. The molecule has 3 heterocycles. The maximum absolute atomic E-state index is 13.8. The second-order valence-electron chi connectivity index (χ2n) is 7.42. The molecule has 0 radical (unpaired) electrons. The molecule has 5 aromatic rings. The highest BCUT2D eigenvalue weighted by atomic mass is 19.1. The number of hydrogen-bond acceptors (Lipinski definition) is 3. The number of pyridine rings is 1. The molecule has 0 aliphatic carbocycles. The van der Waals surface area contributed by atoms with Crippen LogP contribution in [0.2, 0.25) is 0 Å². The van der Waals surface area contributed by atoms with Gasteiger partial charge in [0, 0.05) is 42.5 Å². The summed E-state index contributed by atoms with van der Waals surface area (Å²) < 4.78 is 17.8. The number of imidazole rings is 1. The highest BCUT2D eigenvalue weighted by Crippen LogP contribution is 2.26. The number of nitrogens with zero attached hydrogens (tertiary/aromatic N) is 4. The fourth-order valence-electron chi connectivity index (χ4n) is 3.88. The Hall–Kier alpha value is -3.80. The maximum atomic E-state index is 13.8. The third-order valence-corrected chi connectivity index (χ3v) is 5.55. The van der Waals surface area contributed by atoms with Gasteiger partial charge >= 0.3 is 0 Å². The molecule has 0 fully saturated rings. The molecule has 3 aromatic heterocycles. The van der Waals surface area contributed by atoms with Crippen molar-refractivity contribution in [1.82, 2.24) is 19.1 Å². The average molecular weight is 398 g/mol. The van der Waals surface area contributed by atoms with Crippen molar-refractivity contribution in [3.05, 3.63) is 95.5 Å². The summed E-state index contributed by atoms with van der Waals surface area (Å²) in [6.45, 7) is 2.42. The van der Waals surface area contributed by atoms with Gasteiger partial charge in [0.15, 0.2) is 0 Å². The number of fused-ring (bicyclic) bond motifs is 2. The zero-order valence-corrected chi connectivity index (χ0v) is 16.6. The highest BCUT2D eigenvalue weighted by Gasteiger charge is 2.19. The quantitative estimate of drug-likeness (QED) is 0.414. The SMILES string of the molecule is Cc1nc2cc(C(=O)c3cc4cc(F)ccc4n3Cc3ccncc3)ccc2n1C. The van der Waals surface area contributed by atoms with Crippen molar-refractivity contribution in [2.45, 2.75) is 13.5 Å². The summed E-state index contributed by atoms with van der Waals surface area (Å²) in [4.78, 5) is 22.1. The molecule has 0 unspecified atom stereocenters. The first-order chi connectivity index (χ1) is 14.5. The van der Waals surface area contributed by atoms with E-state index in [1.807, 2.05) is 53.4 Å². The molecule has 0 saturated heterocycles. The van der Waals surface area contributed by atoms with Crippen LogP contribution in [0.5, 0.6) is 0 Å². The van der Waals surface area contributed by atoms with E-state index >= 15 is 0 Å². The van der Waals surface area contributed by atoms with Gasteiger partial charge in [0.05, 0.1) is 16.7 Å². The van der Waals surface area contributed by atoms with Crippen LogP contribution < -0.4 is 0 Å². The Kier molecular flexibility index (Phi) is 4.20. The van der Waals surface area contributed by atoms with E-state index < -0.39 is 0 Å². The van der Waals surface area contributed by atoms with Crippen LogP contribution in [0.3, 0.4) is 0 Å². The number of ketones is 1. The number of carbonyl (C=O) groups is 1. The molecule has 6 heteroatoms. The number of halogens is 1. The van der Waals surface area contributed by atoms with Gasteiger partial charge in [-0.15, -0.1) is 0 Å². The Labute approximate surface area is 172 Å². The van der Waals surface area contributed by atoms with Gasteiger partial charge < -0.3 is 9.13 Å². The molecule has 0 aliphatic heterocycles. The van der Waals surface area contributed by atoms with E-state index in [0.29, 0.717) is 23.2 Å². The van der Waals surface area contributed by atoms with Crippen molar-refractivity contribution >= 4 is 27.7 Å². The number of hydrogen-bond donors (Lipinski definition) is 0. The summed E-state index contributed by atoms with van der Waals surface area (Å²) in [5, 5.41) is 0.696. The third-order valence-electron chi connectivity index (χ3n) is 5.55. The zero-order chi connectivity index (χ0) is 20.8. The van der Waals surface area contributed by atoms with Crippen LogP contribution in [0.4, 0.5) is 4.39 Å². The van der Waals surface area contributed by atoms with Crippen LogP contribution in [-0.4, -0.2) is 24.9 Å². The Bertz CT molecular complexity index is 1420. The fraction of sp³-hybridized carbons (Fsp3) is 0.125. The first kappa shape index (κ1) is 18.2. The monoisotopic (exact) mass is 398 g/mol. The number of aryl methyl sites for hydroxylation is 2. The molecule has 0 saturated carbocycles. The van der Waals surface area contributed by atoms with Crippen molar-refractivity contribution < 1.29 is 9.18 Å². The minimum absolute atomic E-state index is 0.120. The van der Waals surface area contributed by atoms with Crippen LogP contribution in [0.25, 0.3) is 21.9 Å². The summed E-state index contributed by atoms with van der Waals surface area (Å²) in [7, 11) is 1.95. The molecule has 2 aromatic carbocycles. The van der Waals surface area contributed by atoms with Crippen molar-refractivity contribution in [1.29, 1.82) is 0 Å². The van der Waals surface area contributed by atoms with E-state index in [1.54, 1.807) is 24.5 Å². The van der Waals surface area contributed by atoms with Crippen LogP contribution in [0.15, 0.2) is 67.0 Å². The normalized spacial score (nSPS) is 11.4. The van der Waals surface area contributed by atoms with Gasteiger partial charge in [-0.3, -0.25) is 9.78 Å². The molecule has 148 valence electrons. The second-order valence-corrected chi connectivity index (χ2v) is 7.42. The van der Waals surface area contributed by atoms with Gasteiger partial charge in [-0.25, -0.2) is 9.37 Å². The molecule has 0 aliphatic rings. The van der Waals surface area contributed by atoms with E-state index in [9.17, 15) is 9.18 Å². The number of carbonyl (C=O) groups excluding carboxylic acids is 1. The molecule has 5 nitrogen and oxygen atoms in total. The van der Waals surface area contributed by atoms with E-state index in [4.69, 9.17) is 0 Å². The number of benzene rings is 2. The van der Waals surface area contributed by atoms with Crippen LogP contribution in [0, 0.1) is 12.7 Å². The zero-order valence-electron chi connectivity index (χ0n) is 16.6. The summed E-state index contributed by atoms with van der Waals surface area (Å²) in [6.07, 6.45) is 3.44. The predicted octanol–water partition coefficient (Wildman–Crippen LogP) is 4.65. The van der Waals surface area contributed by atoms with Crippen LogP contribution in [0.1, 0.15) is 27.4 Å². The first-order valence-electron chi connectivity index (χ1n) is 9.67. The second kappa shape index (κ2) is 6.91. The molecule has 0 spiro atoms. The Balaban J connectivity index is 1.65. The van der Waals surface area contributed by atoms with Crippen molar-refractivity contribution in [2.24, 2.45) is 7.05 Å². The van der Waals surface area contributed by atoms with E-state index in [-0.39, 0.29) is 11.6 Å². The van der Waals surface area contributed by atoms with Gasteiger partial charge in [0.25, 0.3) is 0 Å². The highest BCUT2D eigenvalue weighted by molar-refractivity contribution is 6.11. The van der Waals surface area contributed by atoms with Crippen LogP contribution in [-0.2, 0) is 13.6 Å². The number of aromatic nitrogens is 4. The van der Waals surface area contributed by atoms with E-state index in [2.05, 4.69) is 9.97 Å². The third kappa shape index (κ3) is 2.97. The molecule has 30 heavy (non-hydrogen) atoms. The smallest absolute Gasteiger partial charge is 0.209 e. The first-order valence-corrected chi connectivity index (χ1v) is 9.67. The van der Waals surface area contributed by atoms with E-state index in [0.717, 1.165) is 27.9 Å². The minimum Gasteiger partial charge on any atom is -0.333 e. The summed E-state index contributed by atoms with van der Waals surface area (Å²) in [5.41, 5.74) is 4.65. The molecule has 0 atom stereocenters. The standard InChI is InChI=1S/C24H19FN4O/c1-15-27-20-12-17(3-5-22(20)28(15)2)24(30)23-13-18-11-19(25)4-6-21(18)29(23)14-16-7-9-26-10-8-16/h3-13H,14H2,1-2H3.